The van der Waals surface area contributed by atoms with Gasteiger partial charge in [0.15, 0.2) is 11.5 Å². The molecule has 0 saturated carbocycles. The van der Waals surface area contributed by atoms with Crippen LogP contribution < -0.4 is 4.74 Å². The van der Waals surface area contributed by atoms with E-state index >= 15 is 0 Å². The summed E-state index contributed by atoms with van der Waals surface area (Å²) < 4.78 is 9.86. The Morgan fingerprint density at radius 1 is 1.37 bits per heavy atom. The van der Waals surface area contributed by atoms with E-state index in [1.165, 1.54) is 20.1 Å². The summed E-state index contributed by atoms with van der Waals surface area (Å²) in [6, 6.07) is 4.75. The predicted octanol–water partition coefficient (Wildman–Crippen LogP) is 1.71. The van der Waals surface area contributed by atoms with Crippen LogP contribution in [0.4, 0.5) is 0 Å². The van der Waals surface area contributed by atoms with E-state index in [1.807, 2.05) is 0 Å². The van der Waals surface area contributed by atoms with Crippen LogP contribution in [0, 0.1) is 5.92 Å². The van der Waals surface area contributed by atoms with E-state index in [9.17, 15) is 14.7 Å². The maximum atomic E-state index is 11.5. The van der Waals surface area contributed by atoms with Crippen LogP contribution in [0.15, 0.2) is 18.2 Å². The summed E-state index contributed by atoms with van der Waals surface area (Å²) >= 11 is 0. The molecule has 1 atom stereocenters. The highest BCUT2D eigenvalue weighted by atomic mass is 16.5. The van der Waals surface area contributed by atoms with Gasteiger partial charge in [0, 0.05) is 0 Å². The van der Waals surface area contributed by atoms with Gasteiger partial charge in [-0.15, -0.1) is 0 Å². The summed E-state index contributed by atoms with van der Waals surface area (Å²) in [5.41, 5.74) is 0.729. The van der Waals surface area contributed by atoms with Crippen LogP contribution in [0.3, 0.4) is 0 Å². The minimum Gasteiger partial charge on any atom is -0.504 e. The lowest BCUT2D eigenvalue weighted by Gasteiger charge is -2.13. The molecule has 0 radical (unpaired) electrons. The fourth-order valence-electron chi connectivity index (χ4n) is 1.73. The Balaban J connectivity index is 2.93. The number of rotatable bonds is 6. The number of ether oxygens (including phenoxy) is 2. The van der Waals surface area contributed by atoms with Crippen molar-refractivity contribution in [2.24, 2.45) is 5.92 Å². The molecule has 0 aromatic heterocycles. The molecule has 0 unspecified atom stereocenters. The van der Waals surface area contributed by atoms with Crippen LogP contribution in [-0.2, 0) is 20.7 Å². The molecule has 1 N–H and O–H groups in total. The SMILES string of the molecule is CCOc1cc(C[C@@H](C(C)=O)C(=O)OC)ccc1O. The van der Waals surface area contributed by atoms with Crippen molar-refractivity contribution in [2.45, 2.75) is 20.3 Å². The molecule has 0 spiro atoms. The van der Waals surface area contributed by atoms with Crippen molar-refractivity contribution in [3.63, 3.8) is 0 Å². The van der Waals surface area contributed by atoms with Gasteiger partial charge < -0.3 is 14.6 Å². The van der Waals surface area contributed by atoms with Gasteiger partial charge in [-0.2, -0.15) is 0 Å². The van der Waals surface area contributed by atoms with Crippen LogP contribution in [0.5, 0.6) is 11.5 Å². The van der Waals surface area contributed by atoms with E-state index in [0.717, 1.165) is 5.56 Å². The number of ketones is 1. The summed E-state index contributed by atoms with van der Waals surface area (Å²) in [5.74, 6) is -1.27. The maximum absolute atomic E-state index is 11.5. The first-order valence-electron chi connectivity index (χ1n) is 6.02. The molecule has 0 bridgehead atoms. The Labute approximate surface area is 112 Å². The number of aromatic hydroxyl groups is 1. The van der Waals surface area contributed by atoms with Crippen LogP contribution >= 0.6 is 0 Å². The molecule has 5 nitrogen and oxygen atoms in total. The molecule has 0 fully saturated rings. The zero-order chi connectivity index (χ0) is 14.4. The highest BCUT2D eigenvalue weighted by Crippen LogP contribution is 2.28. The van der Waals surface area contributed by atoms with Crippen molar-refractivity contribution >= 4 is 11.8 Å². The fraction of sp³-hybridized carbons (Fsp3) is 0.429. The fourth-order valence-corrected chi connectivity index (χ4v) is 1.73. The van der Waals surface area contributed by atoms with Crippen molar-refractivity contribution in [1.29, 1.82) is 0 Å². The summed E-state index contributed by atoms with van der Waals surface area (Å²) in [4.78, 5) is 23.0. The number of hydrogen-bond acceptors (Lipinski definition) is 5. The van der Waals surface area contributed by atoms with E-state index in [4.69, 9.17) is 4.74 Å². The molecule has 5 heteroatoms. The van der Waals surface area contributed by atoms with Crippen molar-refractivity contribution in [3.05, 3.63) is 23.8 Å². The molecule has 0 saturated heterocycles. The summed E-state index contributed by atoms with van der Waals surface area (Å²) in [5, 5.41) is 9.58. The number of hydrogen-bond donors (Lipinski definition) is 1. The second kappa shape index (κ2) is 6.78. The summed E-state index contributed by atoms with van der Waals surface area (Å²) in [6.45, 7) is 3.58. The maximum Gasteiger partial charge on any atom is 0.316 e. The first kappa shape index (κ1) is 15.0. The first-order valence-corrected chi connectivity index (χ1v) is 6.02. The Morgan fingerprint density at radius 2 is 2.05 bits per heavy atom. The lowest BCUT2D eigenvalue weighted by molar-refractivity contribution is -0.148. The monoisotopic (exact) mass is 266 g/mol. The van der Waals surface area contributed by atoms with Crippen LogP contribution in [0.2, 0.25) is 0 Å². The van der Waals surface area contributed by atoms with Gasteiger partial charge in [-0.3, -0.25) is 9.59 Å². The quantitative estimate of drug-likeness (QED) is 0.627. The van der Waals surface area contributed by atoms with Gasteiger partial charge in [0.25, 0.3) is 0 Å². The second-order valence-corrected chi connectivity index (χ2v) is 4.13. The topological polar surface area (TPSA) is 72.8 Å². The summed E-state index contributed by atoms with van der Waals surface area (Å²) in [6.07, 6.45) is 0.225. The molecule has 1 rings (SSSR count). The molecular weight excluding hydrogens is 248 g/mol. The predicted molar refractivity (Wildman–Crippen MR) is 69.2 cm³/mol. The minimum absolute atomic E-state index is 0.0306. The number of esters is 1. The summed E-state index contributed by atoms with van der Waals surface area (Å²) in [7, 11) is 1.25. The van der Waals surface area contributed by atoms with E-state index in [0.29, 0.717) is 12.4 Å². The van der Waals surface area contributed by atoms with Gasteiger partial charge in [0.1, 0.15) is 11.7 Å². The third kappa shape index (κ3) is 3.98. The first-order chi connectivity index (χ1) is 8.99. The van der Waals surface area contributed by atoms with E-state index in [1.54, 1.807) is 19.1 Å². The molecule has 104 valence electrons. The van der Waals surface area contributed by atoms with Gasteiger partial charge in [0.05, 0.1) is 13.7 Å². The Hall–Kier alpha value is -2.04. The number of methoxy groups -OCH3 is 1. The molecule has 19 heavy (non-hydrogen) atoms. The highest BCUT2D eigenvalue weighted by Gasteiger charge is 2.24. The Morgan fingerprint density at radius 3 is 2.58 bits per heavy atom. The molecule has 0 heterocycles. The molecule has 0 aliphatic rings. The number of benzene rings is 1. The Kier molecular flexibility index (Phi) is 5.36. The third-order valence-corrected chi connectivity index (χ3v) is 2.74. The highest BCUT2D eigenvalue weighted by molar-refractivity contribution is 5.97. The van der Waals surface area contributed by atoms with Gasteiger partial charge in [0.2, 0.25) is 0 Å². The number of phenolic OH excluding ortho intramolecular Hbond substituents is 1. The van der Waals surface area contributed by atoms with Gasteiger partial charge in [-0.1, -0.05) is 6.07 Å². The van der Waals surface area contributed by atoms with Gasteiger partial charge >= 0.3 is 5.97 Å². The molecular formula is C14H18O5. The third-order valence-electron chi connectivity index (χ3n) is 2.74. The Bertz CT molecular complexity index is 467. The molecule has 1 aromatic rings. The molecule has 0 aliphatic heterocycles. The van der Waals surface area contributed by atoms with Crippen molar-refractivity contribution in [3.8, 4) is 11.5 Å². The van der Waals surface area contributed by atoms with Crippen LogP contribution in [-0.4, -0.2) is 30.6 Å². The van der Waals surface area contributed by atoms with E-state index in [-0.39, 0.29) is 18.0 Å². The van der Waals surface area contributed by atoms with Crippen molar-refractivity contribution in [1.82, 2.24) is 0 Å². The number of phenols is 1. The second-order valence-electron chi connectivity index (χ2n) is 4.13. The number of Topliss-reactive ketones (excluding diaryl/α,β-unsaturated/α-hetero) is 1. The van der Waals surface area contributed by atoms with E-state index < -0.39 is 11.9 Å². The zero-order valence-electron chi connectivity index (χ0n) is 11.3. The molecule has 0 aliphatic carbocycles. The average molecular weight is 266 g/mol. The van der Waals surface area contributed by atoms with Crippen LogP contribution in [0.1, 0.15) is 19.4 Å². The van der Waals surface area contributed by atoms with Crippen molar-refractivity contribution < 1.29 is 24.2 Å². The zero-order valence-corrected chi connectivity index (χ0v) is 11.3. The average Bonchev–Trinajstić information content (AvgIpc) is 2.38. The molecule has 1 aromatic carbocycles. The van der Waals surface area contributed by atoms with Gasteiger partial charge in [-0.25, -0.2) is 0 Å². The van der Waals surface area contributed by atoms with Gasteiger partial charge in [-0.05, 0) is 38.0 Å². The van der Waals surface area contributed by atoms with Crippen molar-refractivity contribution in [2.75, 3.05) is 13.7 Å². The lowest BCUT2D eigenvalue weighted by Crippen LogP contribution is -2.25. The smallest absolute Gasteiger partial charge is 0.316 e. The lowest BCUT2D eigenvalue weighted by atomic mass is 9.96. The normalized spacial score (nSPS) is 11.7. The van der Waals surface area contributed by atoms with E-state index in [2.05, 4.69) is 4.74 Å². The van der Waals surface area contributed by atoms with Crippen LogP contribution in [0.25, 0.3) is 0 Å². The number of carbonyl (C=O) groups excluding carboxylic acids is 2. The molecule has 0 amide bonds. The number of carbonyl (C=O) groups is 2. The minimum atomic E-state index is -0.830. The largest absolute Gasteiger partial charge is 0.504 e. The standard InChI is InChI=1S/C14H18O5/c1-4-19-13-8-10(5-6-12(13)16)7-11(9(2)15)14(17)18-3/h5-6,8,11,16H,4,7H2,1-3H3/t11-/m0/s1.